The van der Waals surface area contributed by atoms with Crippen molar-refractivity contribution in [1.82, 2.24) is 16.0 Å². The topological polar surface area (TPSA) is 114 Å². The number of ketones is 1. The van der Waals surface area contributed by atoms with Gasteiger partial charge in [0.1, 0.15) is 24.4 Å². The van der Waals surface area contributed by atoms with Gasteiger partial charge in [0, 0.05) is 5.02 Å². The molecule has 0 spiro atoms. The Labute approximate surface area is 266 Å². The third kappa shape index (κ3) is 10.3. The van der Waals surface area contributed by atoms with Crippen LogP contribution in [0.1, 0.15) is 43.5 Å². The fourth-order valence-corrected chi connectivity index (χ4v) is 4.48. The molecule has 8 nitrogen and oxygen atoms in total. The maximum absolute atomic E-state index is 14.7. The quantitative estimate of drug-likeness (QED) is 0.150. The summed E-state index contributed by atoms with van der Waals surface area (Å²) in [6.07, 6.45) is -6.16. The molecule has 0 radical (unpaired) electrons. The largest absolute Gasteiger partial charge is 0.485 e. The van der Waals surface area contributed by atoms with Crippen LogP contribution < -0.4 is 20.7 Å². The third-order valence-corrected chi connectivity index (χ3v) is 6.84. The number of hydrogen-bond donors (Lipinski definition) is 3. The Kier molecular flexibility index (Phi) is 12.2. The first-order chi connectivity index (χ1) is 21.6. The van der Waals surface area contributed by atoms with E-state index in [2.05, 4.69) is 10.6 Å². The zero-order chi connectivity index (χ0) is 34.1. The van der Waals surface area contributed by atoms with Crippen LogP contribution in [0.15, 0.2) is 84.9 Å². The summed E-state index contributed by atoms with van der Waals surface area (Å²) in [6, 6.07) is 19.4. The SMILES string of the molecule is CC(C)[C@H](NC(=O)[C@@H](NC(=O)C[C@H](Oc1cccc(Cl)c1)c1ccccc1)c1ccccc1)C(=O)C(F)(F)C(=O)NCC(F)(F)F. The van der Waals surface area contributed by atoms with E-state index in [9.17, 15) is 41.1 Å². The van der Waals surface area contributed by atoms with Crippen LogP contribution in [0.5, 0.6) is 5.75 Å². The van der Waals surface area contributed by atoms with Gasteiger partial charge >= 0.3 is 12.1 Å². The first-order valence-electron chi connectivity index (χ1n) is 14.0. The number of benzene rings is 3. The highest BCUT2D eigenvalue weighted by atomic mass is 35.5. The number of carbonyl (C=O) groups excluding carboxylic acids is 4. The maximum atomic E-state index is 14.7. The molecule has 14 heteroatoms. The van der Waals surface area contributed by atoms with E-state index in [1.54, 1.807) is 72.8 Å². The molecule has 0 heterocycles. The van der Waals surface area contributed by atoms with Gasteiger partial charge in [-0.2, -0.15) is 22.0 Å². The standard InChI is InChI=1S/C32H31ClF5N3O5/c1-19(2)26(28(43)32(37,38)30(45)39-18-31(34,35)36)41-29(44)27(21-12-7-4-8-13-21)40-25(42)17-24(20-10-5-3-6-11-20)46-23-15-9-14-22(33)16-23/h3-16,19,24,26-27H,17-18H2,1-2H3,(H,39,45)(H,40,42)(H,41,44)/t24-,26-,27-/m0/s1. The number of halogens is 6. The molecule has 0 aliphatic carbocycles. The second kappa shape index (κ2) is 15.7. The molecule has 3 aromatic rings. The number of carbonyl (C=O) groups is 4. The van der Waals surface area contributed by atoms with E-state index in [0.29, 0.717) is 16.3 Å². The van der Waals surface area contributed by atoms with E-state index < -0.39 is 66.3 Å². The molecular weight excluding hydrogens is 637 g/mol. The van der Waals surface area contributed by atoms with Crippen LogP contribution in [-0.4, -0.2) is 48.2 Å². The number of Topliss-reactive ketones (excluding diaryl/α,β-unsaturated/α-hetero) is 1. The van der Waals surface area contributed by atoms with Gasteiger partial charge < -0.3 is 20.7 Å². The minimum Gasteiger partial charge on any atom is -0.485 e. The Morgan fingerprint density at radius 1 is 0.804 bits per heavy atom. The predicted molar refractivity (Wildman–Crippen MR) is 159 cm³/mol. The lowest BCUT2D eigenvalue weighted by atomic mass is 9.94. The molecule has 3 N–H and O–H groups in total. The zero-order valence-electron chi connectivity index (χ0n) is 24.6. The molecule has 246 valence electrons. The lowest BCUT2D eigenvalue weighted by Crippen LogP contribution is -2.58. The van der Waals surface area contributed by atoms with Gasteiger partial charge in [-0.3, -0.25) is 19.2 Å². The highest BCUT2D eigenvalue weighted by Gasteiger charge is 2.52. The Hall–Kier alpha value is -4.52. The summed E-state index contributed by atoms with van der Waals surface area (Å²) in [5, 5.41) is 6.09. The van der Waals surface area contributed by atoms with Crippen molar-refractivity contribution in [3.63, 3.8) is 0 Å². The normalized spacial score (nSPS) is 13.7. The van der Waals surface area contributed by atoms with Crippen molar-refractivity contribution in [3.05, 3.63) is 101 Å². The minimum atomic E-state index is -5.00. The third-order valence-electron chi connectivity index (χ3n) is 6.61. The van der Waals surface area contributed by atoms with Crippen molar-refractivity contribution in [3.8, 4) is 5.75 Å². The van der Waals surface area contributed by atoms with Crippen molar-refractivity contribution in [1.29, 1.82) is 0 Å². The smallest absolute Gasteiger partial charge is 0.405 e. The molecule has 0 aliphatic heterocycles. The number of alkyl halides is 5. The summed E-state index contributed by atoms with van der Waals surface area (Å²) < 4.78 is 72.9. The van der Waals surface area contributed by atoms with Gasteiger partial charge in [-0.15, -0.1) is 0 Å². The molecule has 0 aromatic heterocycles. The van der Waals surface area contributed by atoms with Crippen LogP contribution >= 0.6 is 11.6 Å². The van der Waals surface area contributed by atoms with Gasteiger partial charge in [-0.05, 0) is 35.2 Å². The fourth-order valence-electron chi connectivity index (χ4n) is 4.30. The summed E-state index contributed by atoms with van der Waals surface area (Å²) in [6.45, 7) is 0.501. The lowest BCUT2D eigenvalue weighted by molar-refractivity contribution is -0.165. The van der Waals surface area contributed by atoms with Gasteiger partial charge in [0.15, 0.2) is 0 Å². The Morgan fingerprint density at radius 3 is 1.93 bits per heavy atom. The Bertz CT molecular complexity index is 1510. The van der Waals surface area contributed by atoms with E-state index in [0.717, 1.165) is 5.32 Å². The predicted octanol–water partition coefficient (Wildman–Crippen LogP) is 5.73. The van der Waals surface area contributed by atoms with Crippen LogP contribution in [0.25, 0.3) is 0 Å². The molecule has 0 bridgehead atoms. The summed E-state index contributed by atoms with van der Waals surface area (Å²) >= 11 is 6.07. The number of amides is 3. The molecule has 3 amide bonds. The van der Waals surface area contributed by atoms with Crippen molar-refractivity contribution in [2.45, 2.75) is 50.6 Å². The first-order valence-corrected chi connectivity index (χ1v) is 14.3. The minimum absolute atomic E-state index is 0.227. The number of ether oxygens (including phenoxy) is 1. The highest BCUT2D eigenvalue weighted by molar-refractivity contribution is 6.30. The number of hydrogen-bond acceptors (Lipinski definition) is 5. The Balaban J connectivity index is 1.84. The fraction of sp³-hybridized carbons (Fsp3) is 0.312. The molecule has 0 saturated heterocycles. The summed E-state index contributed by atoms with van der Waals surface area (Å²) in [7, 11) is 0. The van der Waals surface area contributed by atoms with Crippen molar-refractivity contribution >= 4 is 35.1 Å². The second-order valence-corrected chi connectivity index (χ2v) is 11.0. The summed E-state index contributed by atoms with van der Waals surface area (Å²) in [4.78, 5) is 51.6. The number of rotatable bonds is 14. The summed E-state index contributed by atoms with van der Waals surface area (Å²) in [5.41, 5.74) is 0.847. The molecule has 3 rings (SSSR count). The maximum Gasteiger partial charge on any atom is 0.405 e. The average Bonchev–Trinajstić information content (AvgIpc) is 3.00. The first kappa shape index (κ1) is 36.0. The van der Waals surface area contributed by atoms with Crippen LogP contribution in [0, 0.1) is 5.92 Å². The van der Waals surface area contributed by atoms with E-state index in [-0.39, 0.29) is 12.0 Å². The molecule has 46 heavy (non-hydrogen) atoms. The van der Waals surface area contributed by atoms with Crippen molar-refractivity contribution in [2.24, 2.45) is 5.92 Å². The molecular formula is C32H31ClF5N3O5. The molecule has 3 atom stereocenters. The second-order valence-electron chi connectivity index (χ2n) is 10.6. The molecule has 0 unspecified atom stereocenters. The average molecular weight is 668 g/mol. The van der Waals surface area contributed by atoms with E-state index in [4.69, 9.17) is 16.3 Å². The van der Waals surface area contributed by atoms with Crippen molar-refractivity contribution in [2.75, 3.05) is 6.54 Å². The number of nitrogens with one attached hydrogen (secondary N) is 3. The molecule has 0 aliphatic rings. The van der Waals surface area contributed by atoms with Gasteiger partial charge in [-0.25, -0.2) is 0 Å². The van der Waals surface area contributed by atoms with Crippen molar-refractivity contribution < 1.29 is 45.9 Å². The molecule has 0 saturated carbocycles. The summed E-state index contributed by atoms with van der Waals surface area (Å²) in [5.74, 6) is -11.9. The lowest BCUT2D eigenvalue weighted by Gasteiger charge is -2.28. The van der Waals surface area contributed by atoms with E-state index in [1.807, 2.05) is 0 Å². The van der Waals surface area contributed by atoms with Crippen LogP contribution in [0.2, 0.25) is 5.02 Å². The van der Waals surface area contributed by atoms with E-state index >= 15 is 0 Å². The highest BCUT2D eigenvalue weighted by Crippen LogP contribution is 2.28. The Morgan fingerprint density at radius 2 is 1.39 bits per heavy atom. The van der Waals surface area contributed by atoms with Gasteiger partial charge in [0.05, 0.1) is 12.5 Å². The van der Waals surface area contributed by atoms with Gasteiger partial charge in [-0.1, -0.05) is 92.2 Å². The zero-order valence-corrected chi connectivity index (χ0v) is 25.4. The van der Waals surface area contributed by atoms with Crippen LogP contribution in [0.3, 0.4) is 0 Å². The molecule has 0 fully saturated rings. The monoisotopic (exact) mass is 667 g/mol. The van der Waals surface area contributed by atoms with Gasteiger partial charge in [0.2, 0.25) is 17.6 Å². The van der Waals surface area contributed by atoms with E-state index in [1.165, 1.54) is 26.0 Å². The van der Waals surface area contributed by atoms with Crippen LogP contribution in [0.4, 0.5) is 22.0 Å². The van der Waals surface area contributed by atoms with Crippen LogP contribution in [-0.2, 0) is 19.2 Å². The molecule has 3 aromatic carbocycles. The van der Waals surface area contributed by atoms with Gasteiger partial charge in [0.25, 0.3) is 5.91 Å².